The summed E-state index contributed by atoms with van der Waals surface area (Å²) in [5.74, 6) is 0. The van der Waals surface area contributed by atoms with Gasteiger partial charge in [0.2, 0.25) is 0 Å². The summed E-state index contributed by atoms with van der Waals surface area (Å²) < 4.78 is 1.58. The van der Waals surface area contributed by atoms with Gasteiger partial charge < -0.3 is 24.8 Å². The molecule has 10 heavy (non-hydrogen) atoms. The number of allylic oxidation sites excluding steroid dienone is 4. The van der Waals surface area contributed by atoms with Gasteiger partial charge in [0.25, 0.3) is 0 Å². The number of hydrogen-bond acceptors (Lipinski definition) is 0. The van der Waals surface area contributed by atoms with Crippen LogP contribution in [0.25, 0.3) is 0 Å². The van der Waals surface area contributed by atoms with Crippen LogP contribution in [0.2, 0.25) is 0 Å². The zero-order chi connectivity index (χ0) is 6.15. The summed E-state index contributed by atoms with van der Waals surface area (Å²) in [5, 5.41) is 0. The van der Waals surface area contributed by atoms with Gasteiger partial charge in [-0.25, -0.2) is 0 Å². The molecule has 0 nitrogen and oxygen atoms in total. The van der Waals surface area contributed by atoms with E-state index in [0.29, 0.717) is 0 Å². The Morgan fingerprint density at radius 1 is 1.30 bits per heavy atom. The van der Waals surface area contributed by atoms with Crippen molar-refractivity contribution in [1.82, 2.24) is 0 Å². The Balaban J connectivity index is 0. The largest absolute Gasteiger partial charge is 1.00 e. The summed E-state index contributed by atoms with van der Waals surface area (Å²) in [5.41, 5.74) is 3.07. The summed E-state index contributed by atoms with van der Waals surface area (Å²) >= 11 is 1.57. The fraction of sp³-hybridized carbons (Fsp3) is 0.429. The molecule has 0 N–H and O–H groups in total. The molecule has 0 aromatic carbocycles. The molecule has 0 heterocycles. The van der Waals surface area contributed by atoms with Crippen molar-refractivity contribution in [3.63, 3.8) is 0 Å². The number of halogens is 2. The average Bonchev–Trinajstić information content (AvgIpc) is 1.98. The maximum absolute atomic E-state index is 2.30. The molecule has 0 saturated carbocycles. The van der Waals surface area contributed by atoms with Crippen molar-refractivity contribution in [2.24, 2.45) is 0 Å². The number of hydrogen-bond donors (Lipinski definition) is 0. The van der Waals surface area contributed by atoms with Crippen molar-refractivity contribution >= 4 is 0 Å². The van der Waals surface area contributed by atoms with Gasteiger partial charge in [-0.15, -0.1) is 0 Å². The zero-order valence-electron chi connectivity index (χ0n) is 6.04. The Hall–Kier alpha value is 0.943. The molecule has 55 valence electrons. The van der Waals surface area contributed by atoms with Gasteiger partial charge >= 0.3 is 65.5 Å². The maximum Gasteiger partial charge on any atom is -1.00 e. The van der Waals surface area contributed by atoms with Crippen LogP contribution in [-0.4, -0.2) is 0 Å². The molecule has 0 radical (unpaired) electrons. The van der Waals surface area contributed by atoms with E-state index in [1.807, 2.05) is 0 Å². The molecular formula is C7H9Cl2Zr. The predicted octanol–water partition coefficient (Wildman–Crippen LogP) is -3.83. The summed E-state index contributed by atoms with van der Waals surface area (Å²) in [6, 6.07) is 0. The quantitative estimate of drug-likeness (QED) is 0.416. The predicted molar refractivity (Wildman–Crippen MR) is 31.1 cm³/mol. The molecule has 0 aliphatic heterocycles. The van der Waals surface area contributed by atoms with Crippen LogP contribution >= 0.6 is 0 Å². The minimum absolute atomic E-state index is 0. The van der Waals surface area contributed by atoms with Crippen LogP contribution < -0.4 is 24.8 Å². The first-order valence-corrected chi connectivity index (χ1v) is 4.03. The van der Waals surface area contributed by atoms with Gasteiger partial charge in [-0.2, -0.15) is 0 Å². The molecule has 0 bridgehead atoms. The first kappa shape index (κ1) is 13.5. The summed E-state index contributed by atoms with van der Waals surface area (Å²) in [6.45, 7) is 4.41. The summed E-state index contributed by atoms with van der Waals surface area (Å²) in [4.78, 5) is 0. The maximum atomic E-state index is 2.30. The molecule has 1 rings (SSSR count). The molecule has 1 aliphatic rings. The van der Waals surface area contributed by atoms with Gasteiger partial charge in [0.1, 0.15) is 0 Å². The number of rotatable bonds is 0. The van der Waals surface area contributed by atoms with E-state index in [-0.39, 0.29) is 24.8 Å². The standard InChI is InChI=1S/C7H9.2ClH.Zr/c1-6-3-4-7(2)5-6;;;/h3H,4H2,1-2H3;2*1H;/q;;;+2/p-2. The second kappa shape index (κ2) is 5.58. The SMILES string of the molecule is CC1=CCC(C)=[C]1[Zr+2].[Cl-].[Cl-]. The zero-order valence-corrected chi connectivity index (χ0v) is 10.0. The van der Waals surface area contributed by atoms with E-state index < -0.39 is 0 Å². The molecule has 0 aromatic heterocycles. The molecule has 0 unspecified atom stereocenters. The van der Waals surface area contributed by atoms with E-state index in [0.717, 1.165) is 0 Å². The van der Waals surface area contributed by atoms with Crippen molar-refractivity contribution in [3.8, 4) is 0 Å². The molecule has 3 heteroatoms. The van der Waals surface area contributed by atoms with E-state index in [1.54, 1.807) is 33.6 Å². The van der Waals surface area contributed by atoms with E-state index in [4.69, 9.17) is 0 Å². The van der Waals surface area contributed by atoms with Gasteiger partial charge in [0, 0.05) is 0 Å². The van der Waals surface area contributed by atoms with Gasteiger partial charge in [-0.1, -0.05) is 0 Å². The third-order valence-corrected chi connectivity index (χ3v) is 3.55. The van der Waals surface area contributed by atoms with E-state index in [1.165, 1.54) is 12.0 Å². The van der Waals surface area contributed by atoms with Crippen LogP contribution in [0, 0.1) is 0 Å². The van der Waals surface area contributed by atoms with Crippen molar-refractivity contribution < 1.29 is 49.5 Å². The summed E-state index contributed by atoms with van der Waals surface area (Å²) in [6.07, 6.45) is 3.51. The van der Waals surface area contributed by atoms with E-state index >= 15 is 0 Å². The monoisotopic (exact) mass is 253 g/mol. The third kappa shape index (κ3) is 2.90. The van der Waals surface area contributed by atoms with Crippen LogP contribution in [0.5, 0.6) is 0 Å². The molecule has 0 spiro atoms. The van der Waals surface area contributed by atoms with Crippen molar-refractivity contribution in [2.75, 3.05) is 0 Å². The molecule has 1 aliphatic carbocycles. The average molecular weight is 255 g/mol. The van der Waals surface area contributed by atoms with Crippen molar-refractivity contribution in [2.45, 2.75) is 20.3 Å². The fourth-order valence-corrected chi connectivity index (χ4v) is 1.35. The Morgan fingerprint density at radius 3 is 1.90 bits per heavy atom. The minimum atomic E-state index is 0. The second-order valence-electron chi connectivity index (χ2n) is 2.25. The van der Waals surface area contributed by atoms with Crippen molar-refractivity contribution in [3.05, 3.63) is 20.5 Å². The molecule has 0 saturated heterocycles. The van der Waals surface area contributed by atoms with Crippen LogP contribution in [0.4, 0.5) is 0 Å². The van der Waals surface area contributed by atoms with Crippen LogP contribution in [0.15, 0.2) is 20.5 Å². The summed E-state index contributed by atoms with van der Waals surface area (Å²) in [7, 11) is 0. The minimum Gasteiger partial charge on any atom is -1.00 e. The van der Waals surface area contributed by atoms with E-state index in [2.05, 4.69) is 19.9 Å². The Bertz CT molecular complexity index is 165. The Morgan fingerprint density at radius 2 is 1.80 bits per heavy atom. The Kier molecular flexibility index (Phi) is 7.54. The molecular weight excluding hydrogens is 246 g/mol. The fourth-order valence-electron chi connectivity index (χ4n) is 0.847. The molecule has 0 amide bonds. The Labute approximate surface area is 89.8 Å². The van der Waals surface area contributed by atoms with Crippen molar-refractivity contribution in [1.29, 1.82) is 0 Å². The van der Waals surface area contributed by atoms with Crippen LogP contribution in [-0.2, 0) is 24.7 Å². The van der Waals surface area contributed by atoms with Gasteiger partial charge in [-0.3, -0.25) is 0 Å². The van der Waals surface area contributed by atoms with Gasteiger partial charge in [-0.05, 0) is 0 Å². The normalized spacial score (nSPS) is 15.8. The van der Waals surface area contributed by atoms with Gasteiger partial charge in [0.05, 0.1) is 0 Å². The molecule has 0 atom stereocenters. The second-order valence-corrected chi connectivity index (χ2v) is 3.48. The first-order chi connectivity index (χ1) is 3.72. The topological polar surface area (TPSA) is 0 Å². The third-order valence-electron chi connectivity index (χ3n) is 1.54. The van der Waals surface area contributed by atoms with Gasteiger partial charge in [0.15, 0.2) is 0 Å². The van der Waals surface area contributed by atoms with Crippen LogP contribution in [0.3, 0.4) is 0 Å². The molecule has 0 fully saturated rings. The first-order valence-electron chi connectivity index (χ1n) is 2.80. The van der Waals surface area contributed by atoms with E-state index in [9.17, 15) is 0 Å². The molecule has 0 aromatic rings. The smallest absolute Gasteiger partial charge is 1.00 e. The van der Waals surface area contributed by atoms with Crippen LogP contribution in [0.1, 0.15) is 20.3 Å².